The van der Waals surface area contributed by atoms with Crippen LogP contribution in [0.15, 0.2) is 48.5 Å². The molecular weight excluding hydrogens is 240 g/mol. The Hall–Kier alpha value is -1.53. The van der Waals surface area contributed by atoms with Crippen molar-refractivity contribution in [3.05, 3.63) is 59.7 Å². The molecule has 0 aliphatic carbocycles. The highest BCUT2D eigenvalue weighted by molar-refractivity contribution is 6.15. The van der Waals surface area contributed by atoms with Gasteiger partial charge in [-0.1, -0.05) is 36.4 Å². The van der Waals surface area contributed by atoms with Crippen molar-refractivity contribution < 1.29 is 0 Å². The topological polar surface area (TPSA) is 0 Å². The quantitative estimate of drug-likeness (QED) is 0.370. The molecule has 3 aromatic carbocycles. The van der Waals surface area contributed by atoms with Gasteiger partial charge in [-0.25, -0.2) is 0 Å². The fourth-order valence-electron chi connectivity index (χ4n) is 2.32. The minimum Gasteiger partial charge on any atom is -0.130 e. The third kappa shape index (κ3) is 2.21. The summed E-state index contributed by atoms with van der Waals surface area (Å²) in [6.07, 6.45) is 1.47. The van der Waals surface area contributed by atoms with E-state index in [9.17, 15) is 0 Å². The zero-order valence-corrected chi connectivity index (χ0v) is 11.8. The molecule has 0 aliphatic rings. The molecule has 0 unspecified atom stereocenters. The standard InChI is InChI=1S/C16H14.CH3Cl/c1-11-7-8-12(2)16-10-14-6-4-3-5-13(14)9-15(11)16;1-2/h3-10H,1-2H3;1H3. The fraction of sp³-hybridized carbons (Fsp3) is 0.176. The van der Waals surface area contributed by atoms with E-state index >= 15 is 0 Å². The lowest BCUT2D eigenvalue weighted by molar-refractivity contribution is 1.47. The van der Waals surface area contributed by atoms with Crippen molar-refractivity contribution in [2.24, 2.45) is 0 Å². The van der Waals surface area contributed by atoms with Gasteiger partial charge >= 0.3 is 0 Å². The van der Waals surface area contributed by atoms with Crippen LogP contribution in [0, 0.1) is 13.8 Å². The number of alkyl halides is 1. The van der Waals surface area contributed by atoms with E-state index in [0.717, 1.165) is 0 Å². The van der Waals surface area contributed by atoms with E-state index in [0.29, 0.717) is 0 Å². The predicted octanol–water partition coefficient (Wildman–Crippen LogP) is 5.46. The number of hydrogen-bond acceptors (Lipinski definition) is 0. The van der Waals surface area contributed by atoms with Crippen molar-refractivity contribution >= 4 is 33.1 Å². The molecule has 0 bridgehead atoms. The van der Waals surface area contributed by atoms with E-state index in [2.05, 4.69) is 74.0 Å². The molecule has 0 aromatic heterocycles. The molecule has 0 atom stereocenters. The first-order valence-electron chi connectivity index (χ1n) is 6.02. The molecule has 0 saturated carbocycles. The minimum atomic E-state index is 1.32. The number of benzene rings is 3. The van der Waals surface area contributed by atoms with Crippen LogP contribution < -0.4 is 0 Å². The summed E-state index contributed by atoms with van der Waals surface area (Å²) in [6, 6.07) is 17.5. The normalized spacial score (nSPS) is 10.2. The molecule has 0 nitrogen and oxygen atoms in total. The first-order chi connectivity index (χ1) is 8.75. The van der Waals surface area contributed by atoms with Crippen molar-refractivity contribution in [3.63, 3.8) is 0 Å². The molecule has 0 N–H and O–H groups in total. The second-order valence-corrected chi connectivity index (χ2v) is 4.44. The Labute approximate surface area is 113 Å². The summed E-state index contributed by atoms with van der Waals surface area (Å²) in [5, 5.41) is 5.39. The summed E-state index contributed by atoms with van der Waals surface area (Å²) in [7, 11) is 0. The van der Waals surface area contributed by atoms with Crippen LogP contribution in [-0.4, -0.2) is 6.38 Å². The van der Waals surface area contributed by atoms with Gasteiger partial charge in [0.25, 0.3) is 0 Å². The Morgan fingerprint density at radius 1 is 0.667 bits per heavy atom. The number of rotatable bonds is 0. The lowest BCUT2D eigenvalue weighted by Gasteiger charge is -2.07. The molecule has 3 rings (SSSR count). The first kappa shape index (κ1) is 12.9. The monoisotopic (exact) mass is 256 g/mol. The Morgan fingerprint density at radius 2 is 1.06 bits per heavy atom. The number of hydrogen-bond donors (Lipinski definition) is 0. The average Bonchev–Trinajstić information content (AvgIpc) is 2.44. The van der Waals surface area contributed by atoms with Gasteiger partial charge in [0.1, 0.15) is 0 Å². The second kappa shape index (κ2) is 5.41. The summed E-state index contributed by atoms with van der Waals surface area (Å²) in [5.41, 5.74) is 2.71. The predicted molar refractivity (Wildman–Crippen MR) is 82.7 cm³/mol. The number of fused-ring (bicyclic) bond motifs is 2. The molecule has 1 heteroatoms. The SMILES string of the molecule is CCl.Cc1ccc(C)c2cc3ccccc3cc12. The van der Waals surface area contributed by atoms with Gasteiger partial charge in [-0.05, 0) is 58.7 Å². The van der Waals surface area contributed by atoms with E-state index in [1.54, 1.807) is 0 Å². The molecule has 0 amide bonds. The molecule has 0 heterocycles. The zero-order chi connectivity index (χ0) is 13.1. The van der Waals surface area contributed by atoms with Gasteiger partial charge in [-0.15, -0.1) is 11.6 Å². The molecule has 0 aliphatic heterocycles. The van der Waals surface area contributed by atoms with Crippen LogP contribution in [0.2, 0.25) is 0 Å². The molecule has 0 saturated heterocycles. The summed E-state index contributed by atoms with van der Waals surface area (Å²) in [4.78, 5) is 0. The maximum atomic E-state index is 4.64. The maximum Gasteiger partial charge on any atom is 0.0108 e. The summed E-state index contributed by atoms with van der Waals surface area (Å²) in [5.74, 6) is 0. The Kier molecular flexibility index (Phi) is 3.88. The van der Waals surface area contributed by atoms with Crippen LogP contribution in [0.3, 0.4) is 0 Å². The van der Waals surface area contributed by atoms with Gasteiger partial charge < -0.3 is 0 Å². The first-order valence-corrected chi connectivity index (χ1v) is 6.78. The second-order valence-electron chi connectivity index (χ2n) is 4.44. The lowest BCUT2D eigenvalue weighted by atomic mass is 9.97. The van der Waals surface area contributed by atoms with E-state index < -0.39 is 0 Å². The Morgan fingerprint density at radius 3 is 1.44 bits per heavy atom. The molecule has 0 spiro atoms. The van der Waals surface area contributed by atoms with Crippen molar-refractivity contribution in [1.29, 1.82) is 0 Å². The number of halogens is 1. The van der Waals surface area contributed by atoms with E-state index in [1.807, 2.05) is 0 Å². The third-order valence-electron chi connectivity index (χ3n) is 3.32. The van der Waals surface area contributed by atoms with Gasteiger partial charge in [0.2, 0.25) is 0 Å². The largest absolute Gasteiger partial charge is 0.130 e. The molecule has 0 radical (unpaired) electrons. The van der Waals surface area contributed by atoms with E-state index in [1.165, 1.54) is 39.1 Å². The smallest absolute Gasteiger partial charge is 0.0108 e. The maximum absolute atomic E-state index is 4.64. The number of aryl methyl sites for hydroxylation is 2. The van der Waals surface area contributed by atoms with E-state index in [4.69, 9.17) is 0 Å². The summed E-state index contributed by atoms with van der Waals surface area (Å²) >= 11 is 4.64. The molecule has 0 fully saturated rings. The van der Waals surface area contributed by atoms with Gasteiger partial charge in [-0.2, -0.15) is 0 Å². The lowest BCUT2D eigenvalue weighted by Crippen LogP contribution is -1.83. The van der Waals surface area contributed by atoms with Crippen LogP contribution in [0.4, 0.5) is 0 Å². The van der Waals surface area contributed by atoms with Crippen LogP contribution in [0.25, 0.3) is 21.5 Å². The summed E-state index contributed by atoms with van der Waals surface area (Å²) < 4.78 is 0. The highest BCUT2D eigenvalue weighted by Gasteiger charge is 2.02. The molecule has 3 aromatic rings. The van der Waals surface area contributed by atoms with Crippen LogP contribution in [0.5, 0.6) is 0 Å². The van der Waals surface area contributed by atoms with Crippen LogP contribution in [-0.2, 0) is 0 Å². The van der Waals surface area contributed by atoms with Crippen molar-refractivity contribution in [2.75, 3.05) is 6.38 Å². The molecular formula is C17H17Cl. The van der Waals surface area contributed by atoms with Crippen molar-refractivity contribution in [3.8, 4) is 0 Å². The van der Waals surface area contributed by atoms with Crippen molar-refractivity contribution in [1.82, 2.24) is 0 Å². The summed E-state index contributed by atoms with van der Waals surface area (Å²) in [6.45, 7) is 4.35. The highest BCUT2D eigenvalue weighted by Crippen LogP contribution is 2.27. The van der Waals surface area contributed by atoms with Gasteiger partial charge in [0, 0.05) is 6.38 Å². The molecule has 18 heavy (non-hydrogen) atoms. The molecule has 92 valence electrons. The van der Waals surface area contributed by atoms with Gasteiger partial charge in [-0.3, -0.25) is 0 Å². The van der Waals surface area contributed by atoms with Gasteiger partial charge in [0.15, 0.2) is 0 Å². The van der Waals surface area contributed by atoms with Crippen molar-refractivity contribution in [2.45, 2.75) is 13.8 Å². The Bertz CT molecular complexity index is 624. The van der Waals surface area contributed by atoms with Crippen LogP contribution >= 0.6 is 11.6 Å². The minimum absolute atomic E-state index is 1.32. The fourth-order valence-corrected chi connectivity index (χ4v) is 2.32. The third-order valence-corrected chi connectivity index (χ3v) is 3.32. The average molecular weight is 257 g/mol. The Balaban J connectivity index is 0.000000574. The van der Waals surface area contributed by atoms with E-state index in [-0.39, 0.29) is 0 Å². The highest BCUT2D eigenvalue weighted by atomic mass is 35.5. The van der Waals surface area contributed by atoms with Gasteiger partial charge in [0.05, 0.1) is 0 Å². The van der Waals surface area contributed by atoms with Crippen LogP contribution in [0.1, 0.15) is 11.1 Å². The zero-order valence-electron chi connectivity index (χ0n) is 11.0.